The summed E-state index contributed by atoms with van der Waals surface area (Å²) in [7, 11) is 0. The molecule has 0 fully saturated rings. The van der Waals surface area contributed by atoms with Crippen molar-refractivity contribution in [1.29, 1.82) is 0 Å². The van der Waals surface area contributed by atoms with Crippen LogP contribution in [0.3, 0.4) is 0 Å². The monoisotopic (exact) mass is 1030 g/mol. The minimum absolute atomic E-state index is 0.0387. The summed E-state index contributed by atoms with van der Waals surface area (Å²) in [4.78, 5) is 2.64. The van der Waals surface area contributed by atoms with Gasteiger partial charge in [0.25, 0.3) is 0 Å². The number of anilines is 3. The van der Waals surface area contributed by atoms with Gasteiger partial charge in [0, 0.05) is 23.0 Å². The SMILES string of the molecule is CC(C)(C)c1cc(-c2cccc3cccc(-c4ccccc4N(c4ccccc4-c4ccccc4-c4ccccc4-c4ccccc4)c4cccc5c4C4C=CC=CC4C5(c4ccccc4)c4ccccc4)c23)cc(C(C)(C)C)c1. The molecule has 0 bridgehead atoms. The first-order valence-electron chi connectivity index (χ1n) is 28.5. The molecule has 80 heavy (non-hydrogen) atoms. The lowest BCUT2D eigenvalue weighted by Crippen LogP contribution is -2.34. The zero-order valence-electron chi connectivity index (χ0n) is 46.7. The zero-order chi connectivity index (χ0) is 54.6. The van der Waals surface area contributed by atoms with Crippen molar-refractivity contribution in [1.82, 2.24) is 0 Å². The highest BCUT2D eigenvalue weighted by Gasteiger charge is 2.54. The second kappa shape index (κ2) is 20.3. The summed E-state index contributed by atoms with van der Waals surface area (Å²) in [5.41, 5.74) is 22.7. The van der Waals surface area contributed by atoms with Gasteiger partial charge in [-0.05, 0) is 118 Å². The Balaban J connectivity index is 1.12. The number of fused-ring (bicyclic) bond motifs is 4. The van der Waals surface area contributed by atoms with Crippen LogP contribution in [0.4, 0.5) is 17.1 Å². The van der Waals surface area contributed by atoms with E-state index in [1.807, 2.05) is 0 Å². The molecule has 2 atom stereocenters. The van der Waals surface area contributed by atoms with Crippen LogP contribution >= 0.6 is 0 Å². The Kier molecular flexibility index (Phi) is 12.8. The summed E-state index contributed by atoms with van der Waals surface area (Å²) in [5, 5.41) is 2.46. The highest BCUT2D eigenvalue weighted by atomic mass is 15.2. The van der Waals surface area contributed by atoms with E-state index >= 15 is 0 Å². The summed E-state index contributed by atoms with van der Waals surface area (Å²) in [6.07, 6.45) is 9.51. The smallest absolute Gasteiger partial charge is 0.0540 e. The fraction of sp³-hybridized carbons (Fsp3) is 0.139. The van der Waals surface area contributed by atoms with Gasteiger partial charge in [0.15, 0.2) is 0 Å². The van der Waals surface area contributed by atoms with E-state index in [9.17, 15) is 0 Å². The average Bonchev–Trinajstić information content (AvgIpc) is 3.90. The quantitative estimate of drug-likeness (QED) is 0.132. The van der Waals surface area contributed by atoms with E-state index in [0.29, 0.717) is 0 Å². The molecule has 0 heterocycles. The van der Waals surface area contributed by atoms with Crippen LogP contribution in [0.25, 0.3) is 66.4 Å². The first-order chi connectivity index (χ1) is 39.0. The normalized spacial score (nSPS) is 15.4. The van der Waals surface area contributed by atoms with Gasteiger partial charge < -0.3 is 4.90 Å². The molecule has 2 aliphatic carbocycles. The number of rotatable bonds is 10. The van der Waals surface area contributed by atoms with E-state index in [2.05, 4.69) is 332 Å². The Morgan fingerprint density at radius 2 is 0.762 bits per heavy atom. The van der Waals surface area contributed by atoms with Gasteiger partial charge in [-0.3, -0.25) is 0 Å². The number of para-hydroxylation sites is 2. The topological polar surface area (TPSA) is 3.24 Å². The van der Waals surface area contributed by atoms with Gasteiger partial charge in [-0.1, -0.05) is 309 Å². The molecule has 1 heteroatoms. The molecule has 0 saturated heterocycles. The fourth-order valence-electron chi connectivity index (χ4n) is 13.4. The molecular weight excluding hydrogens is 963 g/mol. The minimum atomic E-state index is -0.476. The maximum absolute atomic E-state index is 2.64. The van der Waals surface area contributed by atoms with Gasteiger partial charge in [0.05, 0.1) is 22.5 Å². The third kappa shape index (κ3) is 8.64. The molecule has 11 aromatic rings. The number of hydrogen-bond donors (Lipinski definition) is 0. The lowest BCUT2D eigenvalue weighted by Gasteiger charge is -2.38. The molecule has 2 unspecified atom stereocenters. The predicted molar refractivity (Wildman–Crippen MR) is 340 cm³/mol. The van der Waals surface area contributed by atoms with Crippen molar-refractivity contribution < 1.29 is 0 Å². The third-order valence-corrected chi connectivity index (χ3v) is 17.2. The molecular formula is C79H67N. The second-order valence-corrected chi connectivity index (χ2v) is 23.9. The minimum Gasteiger partial charge on any atom is -0.309 e. The standard InChI is InChI=1S/C79H67N/c1-77(2,3)59-51-56(52-60(53-59)78(4,5)6)62-44-26-31-55-32-27-45-68(75(55)62)67-42-22-25-49-73(67)80(72-48-24-21-41-66(72)65-40-19-18-39-64(65)63-38-17-16-37-61(63)54-29-10-7-11-30-54)74-50-28-47-71-76(74)69-43-20-23-46-70(69)79(71,57-33-12-8-13-34-57)58-35-14-9-15-36-58/h7-53,69-70H,1-6H3. The molecule has 0 radical (unpaired) electrons. The van der Waals surface area contributed by atoms with Gasteiger partial charge in [-0.25, -0.2) is 0 Å². The van der Waals surface area contributed by atoms with Crippen LogP contribution in [0.2, 0.25) is 0 Å². The molecule has 0 aromatic heterocycles. The van der Waals surface area contributed by atoms with Crippen molar-refractivity contribution in [3.63, 3.8) is 0 Å². The summed E-state index contributed by atoms with van der Waals surface area (Å²) < 4.78 is 0. The van der Waals surface area contributed by atoms with Gasteiger partial charge in [-0.2, -0.15) is 0 Å². The van der Waals surface area contributed by atoms with Crippen molar-refractivity contribution in [2.75, 3.05) is 4.90 Å². The molecule has 0 aliphatic heterocycles. The predicted octanol–water partition coefficient (Wildman–Crippen LogP) is 21.4. The highest BCUT2D eigenvalue weighted by molar-refractivity contribution is 6.10. The zero-order valence-corrected chi connectivity index (χ0v) is 46.7. The maximum Gasteiger partial charge on any atom is 0.0540 e. The average molecular weight is 1030 g/mol. The second-order valence-electron chi connectivity index (χ2n) is 23.9. The molecule has 0 saturated carbocycles. The van der Waals surface area contributed by atoms with Gasteiger partial charge in [-0.15, -0.1) is 0 Å². The van der Waals surface area contributed by atoms with Crippen molar-refractivity contribution in [3.05, 3.63) is 319 Å². The Hall–Kier alpha value is -9.04. The van der Waals surface area contributed by atoms with E-state index in [1.165, 1.54) is 94.3 Å². The summed E-state index contributed by atoms with van der Waals surface area (Å²) in [6.45, 7) is 14.0. The largest absolute Gasteiger partial charge is 0.309 e. The van der Waals surface area contributed by atoms with E-state index in [4.69, 9.17) is 0 Å². The Bertz CT molecular complexity index is 4070. The Labute approximate surface area is 473 Å². The van der Waals surface area contributed by atoms with Crippen LogP contribution in [0.15, 0.2) is 285 Å². The fourth-order valence-corrected chi connectivity index (χ4v) is 13.4. The third-order valence-electron chi connectivity index (χ3n) is 17.2. The van der Waals surface area contributed by atoms with Gasteiger partial charge in [0.2, 0.25) is 0 Å². The van der Waals surface area contributed by atoms with Crippen LogP contribution in [-0.4, -0.2) is 0 Å². The molecule has 388 valence electrons. The molecule has 13 rings (SSSR count). The van der Waals surface area contributed by atoms with E-state index in [-0.39, 0.29) is 22.7 Å². The molecule has 11 aromatic carbocycles. The van der Waals surface area contributed by atoms with Crippen molar-refractivity contribution in [2.45, 2.75) is 63.7 Å². The molecule has 0 spiro atoms. The number of benzene rings is 11. The van der Waals surface area contributed by atoms with Gasteiger partial charge >= 0.3 is 0 Å². The maximum atomic E-state index is 2.64. The van der Waals surface area contributed by atoms with Crippen molar-refractivity contribution >= 4 is 27.8 Å². The van der Waals surface area contributed by atoms with Crippen LogP contribution in [-0.2, 0) is 16.2 Å². The Morgan fingerprint density at radius 1 is 0.338 bits per heavy atom. The van der Waals surface area contributed by atoms with E-state index in [1.54, 1.807) is 0 Å². The Morgan fingerprint density at radius 3 is 1.34 bits per heavy atom. The summed E-state index contributed by atoms with van der Waals surface area (Å²) >= 11 is 0. The first-order valence-corrected chi connectivity index (χ1v) is 28.5. The van der Waals surface area contributed by atoms with E-state index < -0.39 is 5.41 Å². The molecule has 2 aliphatic rings. The lowest BCUT2D eigenvalue weighted by atomic mass is 9.63. The number of nitrogens with zero attached hydrogens (tertiary/aromatic N) is 1. The molecule has 1 nitrogen and oxygen atoms in total. The number of allylic oxidation sites excluding steroid dienone is 4. The van der Waals surface area contributed by atoms with Crippen molar-refractivity contribution in [2.24, 2.45) is 5.92 Å². The first kappa shape index (κ1) is 50.5. The van der Waals surface area contributed by atoms with Crippen LogP contribution in [0.1, 0.15) is 80.8 Å². The highest BCUT2D eigenvalue weighted by Crippen LogP contribution is 2.63. The summed E-state index contributed by atoms with van der Waals surface area (Å²) in [6, 6.07) is 97.9. The van der Waals surface area contributed by atoms with Gasteiger partial charge in [0.1, 0.15) is 0 Å². The number of hydrogen-bond acceptors (Lipinski definition) is 1. The lowest BCUT2D eigenvalue weighted by molar-refractivity contribution is 0.457. The molecule has 0 N–H and O–H groups in total. The van der Waals surface area contributed by atoms with Crippen molar-refractivity contribution in [3.8, 4) is 55.6 Å². The van der Waals surface area contributed by atoms with Crippen LogP contribution in [0, 0.1) is 5.92 Å². The van der Waals surface area contributed by atoms with E-state index in [0.717, 1.165) is 22.5 Å². The van der Waals surface area contributed by atoms with Crippen LogP contribution in [0.5, 0.6) is 0 Å². The summed E-state index contributed by atoms with van der Waals surface area (Å²) in [5.74, 6) is 0.174. The molecule has 0 amide bonds. The van der Waals surface area contributed by atoms with Crippen LogP contribution < -0.4 is 4.90 Å².